The maximum Gasteiger partial charge on any atom is 0.296 e. The van der Waals surface area contributed by atoms with Gasteiger partial charge in [0.1, 0.15) is 12.4 Å². The van der Waals surface area contributed by atoms with Crippen molar-refractivity contribution in [1.29, 1.82) is 0 Å². The van der Waals surface area contributed by atoms with Crippen LogP contribution in [0.25, 0.3) is 16.9 Å². The number of carbonyl (C=O) groups is 1. The minimum atomic E-state index is -2.80. The highest BCUT2D eigenvalue weighted by Crippen LogP contribution is 2.29. The molecule has 0 radical (unpaired) electrons. The Morgan fingerprint density at radius 1 is 1.18 bits per heavy atom. The van der Waals surface area contributed by atoms with Crippen molar-refractivity contribution in [3.8, 4) is 11.7 Å². The molecule has 1 amide bonds. The molecule has 0 aliphatic carbocycles. The zero-order valence-electron chi connectivity index (χ0n) is 18.3. The van der Waals surface area contributed by atoms with Crippen molar-refractivity contribution < 1.29 is 28.2 Å². The van der Waals surface area contributed by atoms with Crippen LogP contribution in [0, 0.1) is 5.92 Å². The summed E-state index contributed by atoms with van der Waals surface area (Å²) in [5, 5.41) is 8.96. The first kappa shape index (κ1) is 22.4. The van der Waals surface area contributed by atoms with E-state index in [9.17, 15) is 13.6 Å². The van der Waals surface area contributed by atoms with Crippen LogP contribution in [0.4, 0.5) is 14.7 Å². The number of benzene rings is 1. The molecule has 2 saturated heterocycles. The van der Waals surface area contributed by atoms with E-state index in [1.54, 1.807) is 29.2 Å². The third kappa shape index (κ3) is 4.38. The molecular weight excluding hydrogens is 450 g/mol. The van der Waals surface area contributed by atoms with Gasteiger partial charge >= 0.3 is 0 Å². The van der Waals surface area contributed by atoms with Gasteiger partial charge in [0.2, 0.25) is 17.7 Å². The number of amides is 1. The van der Waals surface area contributed by atoms with Crippen LogP contribution in [0.3, 0.4) is 0 Å². The lowest BCUT2D eigenvalue weighted by molar-refractivity contribution is -0.141. The summed E-state index contributed by atoms with van der Waals surface area (Å²) in [7, 11) is 0. The molecule has 1 aromatic carbocycles. The Morgan fingerprint density at radius 3 is 2.68 bits per heavy atom. The van der Waals surface area contributed by atoms with Crippen molar-refractivity contribution in [2.45, 2.75) is 6.43 Å². The Hall–Kier alpha value is -3.38. The van der Waals surface area contributed by atoms with E-state index < -0.39 is 18.9 Å². The number of imidazole rings is 1. The first-order chi connectivity index (χ1) is 16.5. The van der Waals surface area contributed by atoms with Crippen LogP contribution in [0.15, 0.2) is 30.3 Å². The number of carbonyl (C=O) groups excluding carboxylic acids is 1. The normalized spacial score (nSPS) is 16.8. The number of nitrogens with zero attached hydrogens (tertiary/aromatic N) is 6. The molecule has 0 unspecified atom stereocenters. The van der Waals surface area contributed by atoms with Crippen LogP contribution in [-0.4, -0.2) is 88.0 Å². The number of fused-ring (bicyclic) bond motifs is 1. The van der Waals surface area contributed by atoms with Gasteiger partial charge in [0.15, 0.2) is 5.82 Å². The fraction of sp³-hybridized carbons (Fsp3) is 0.455. The highest BCUT2D eigenvalue weighted by molar-refractivity contribution is 5.78. The Bertz CT molecular complexity index is 1180. The van der Waals surface area contributed by atoms with E-state index in [1.165, 1.54) is 10.6 Å². The van der Waals surface area contributed by atoms with Gasteiger partial charge in [-0.15, -0.1) is 0 Å². The zero-order chi connectivity index (χ0) is 23.7. The Morgan fingerprint density at radius 2 is 1.94 bits per heavy atom. The SMILES string of the molecule is O=C(CO)N1CC(COc2cc(-n3c(C(F)F)nc4ccccc43)nc(N3CCOCC3)n2)C1. The molecule has 34 heavy (non-hydrogen) atoms. The minimum absolute atomic E-state index is 0.0893. The zero-order valence-corrected chi connectivity index (χ0v) is 18.3. The first-order valence-electron chi connectivity index (χ1n) is 11.0. The van der Waals surface area contributed by atoms with E-state index in [1.807, 2.05) is 4.90 Å². The summed E-state index contributed by atoms with van der Waals surface area (Å²) < 4.78 is 40.5. The van der Waals surface area contributed by atoms with Gasteiger partial charge in [-0.25, -0.2) is 13.8 Å². The smallest absolute Gasteiger partial charge is 0.296 e. The maximum atomic E-state index is 13.9. The third-order valence-electron chi connectivity index (χ3n) is 5.89. The largest absolute Gasteiger partial charge is 0.477 e. The molecule has 10 nitrogen and oxygen atoms in total. The van der Waals surface area contributed by atoms with Crippen molar-refractivity contribution >= 4 is 22.9 Å². The van der Waals surface area contributed by atoms with Crippen LogP contribution < -0.4 is 9.64 Å². The van der Waals surface area contributed by atoms with Crippen LogP contribution in [0.2, 0.25) is 0 Å². The molecule has 2 aromatic heterocycles. The summed E-state index contributed by atoms with van der Waals surface area (Å²) in [5.74, 6) is 0.209. The van der Waals surface area contributed by atoms with Crippen molar-refractivity contribution in [2.24, 2.45) is 5.92 Å². The van der Waals surface area contributed by atoms with Gasteiger partial charge in [0, 0.05) is 38.2 Å². The van der Waals surface area contributed by atoms with Crippen LogP contribution in [0.1, 0.15) is 12.2 Å². The predicted octanol–water partition coefficient (Wildman–Crippen LogP) is 1.42. The Kier molecular flexibility index (Phi) is 6.24. The van der Waals surface area contributed by atoms with Gasteiger partial charge in [0.05, 0.1) is 30.9 Å². The second-order valence-electron chi connectivity index (χ2n) is 8.19. The number of morpholine rings is 1. The van der Waals surface area contributed by atoms with Crippen LogP contribution >= 0.6 is 0 Å². The molecule has 0 bridgehead atoms. The summed E-state index contributed by atoms with van der Waals surface area (Å²) in [5.41, 5.74) is 0.947. The summed E-state index contributed by atoms with van der Waals surface area (Å²) in [4.78, 5) is 28.2. The second-order valence-corrected chi connectivity index (χ2v) is 8.19. The number of anilines is 1. The van der Waals surface area contributed by atoms with E-state index in [-0.39, 0.29) is 23.5 Å². The summed E-state index contributed by atoms with van der Waals surface area (Å²) in [6, 6.07) is 8.42. The Labute approximate surface area is 193 Å². The molecule has 2 aliphatic rings. The van der Waals surface area contributed by atoms with E-state index in [4.69, 9.17) is 14.6 Å². The molecule has 12 heteroatoms. The number of alkyl halides is 2. The number of aromatic nitrogens is 4. The lowest BCUT2D eigenvalue weighted by atomic mass is 10.0. The van der Waals surface area contributed by atoms with Crippen molar-refractivity contribution in [2.75, 3.05) is 57.5 Å². The molecule has 4 heterocycles. The lowest BCUT2D eigenvalue weighted by Gasteiger charge is -2.38. The second kappa shape index (κ2) is 9.47. The fourth-order valence-corrected chi connectivity index (χ4v) is 4.11. The minimum Gasteiger partial charge on any atom is -0.477 e. The fourth-order valence-electron chi connectivity index (χ4n) is 4.11. The van der Waals surface area contributed by atoms with Gasteiger partial charge in [-0.1, -0.05) is 12.1 Å². The van der Waals surface area contributed by atoms with Crippen LogP contribution in [-0.2, 0) is 9.53 Å². The summed E-state index contributed by atoms with van der Waals surface area (Å²) in [6.07, 6.45) is -2.80. The number of aliphatic hydroxyl groups is 1. The number of hydrogen-bond acceptors (Lipinski definition) is 8. The average Bonchev–Trinajstić information content (AvgIpc) is 3.23. The molecule has 0 atom stereocenters. The molecule has 2 aliphatic heterocycles. The standard InChI is InChI=1S/C22H24F2N6O4/c23-20(24)21-25-15-3-1-2-4-16(15)30(21)17-9-18(27-22(26-17)28-5-7-33-8-6-28)34-13-14-10-29(11-14)19(32)12-31/h1-4,9,14,20,31H,5-8,10-13H2. The first-order valence-corrected chi connectivity index (χ1v) is 11.0. The molecule has 2 fully saturated rings. The van der Waals surface area contributed by atoms with E-state index in [0.717, 1.165) is 0 Å². The molecule has 0 spiro atoms. The van der Waals surface area contributed by atoms with Crippen LogP contribution in [0.5, 0.6) is 5.88 Å². The van der Waals surface area contributed by atoms with E-state index in [0.29, 0.717) is 63.0 Å². The van der Waals surface area contributed by atoms with Crippen molar-refractivity contribution in [3.63, 3.8) is 0 Å². The summed E-state index contributed by atoms with van der Waals surface area (Å²) >= 11 is 0. The molecule has 180 valence electrons. The number of aliphatic hydroxyl groups excluding tert-OH is 1. The third-order valence-corrected chi connectivity index (χ3v) is 5.89. The van der Waals surface area contributed by atoms with E-state index in [2.05, 4.69) is 15.0 Å². The Balaban J connectivity index is 1.47. The number of rotatable bonds is 7. The predicted molar refractivity (Wildman–Crippen MR) is 117 cm³/mol. The van der Waals surface area contributed by atoms with Gasteiger partial charge < -0.3 is 24.4 Å². The number of ether oxygens (including phenoxy) is 2. The number of hydrogen-bond donors (Lipinski definition) is 1. The average molecular weight is 474 g/mol. The van der Waals surface area contributed by atoms with Crippen molar-refractivity contribution in [1.82, 2.24) is 24.4 Å². The molecule has 1 N–H and O–H groups in total. The highest BCUT2D eigenvalue weighted by Gasteiger charge is 2.31. The summed E-state index contributed by atoms with van der Waals surface area (Å²) in [6.45, 7) is 2.89. The van der Waals surface area contributed by atoms with Gasteiger partial charge in [0.25, 0.3) is 6.43 Å². The molecular formula is C22H24F2N6O4. The highest BCUT2D eigenvalue weighted by atomic mass is 19.3. The van der Waals surface area contributed by atoms with Crippen molar-refractivity contribution in [3.05, 3.63) is 36.2 Å². The lowest BCUT2D eigenvalue weighted by Crippen LogP contribution is -2.52. The molecule has 5 rings (SSSR count). The monoisotopic (exact) mass is 474 g/mol. The number of halogens is 2. The molecule has 3 aromatic rings. The van der Waals surface area contributed by atoms with E-state index >= 15 is 0 Å². The van der Waals surface area contributed by atoms with Gasteiger partial charge in [-0.3, -0.25) is 9.36 Å². The van der Waals surface area contributed by atoms with Gasteiger partial charge in [-0.2, -0.15) is 9.97 Å². The number of likely N-dealkylation sites (tertiary alicyclic amines) is 1. The maximum absolute atomic E-state index is 13.9. The molecule has 0 saturated carbocycles. The quantitative estimate of drug-likeness (QED) is 0.548. The topological polar surface area (TPSA) is 106 Å². The number of para-hydroxylation sites is 2. The van der Waals surface area contributed by atoms with Gasteiger partial charge in [-0.05, 0) is 12.1 Å².